The molecule has 1 saturated carbocycles. The molecule has 1 aromatic carbocycles. The van der Waals surface area contributed by atoms with E-state index >= 15 is 0 Å². The average Bonchev–Trinajstić information content (AvgIpc) is 3.28. The minimum absolute atomic E-state index is 0.0704. The maximum absolute atomic E-state index is 12.3. The Kier molecular flexibility index (Phi) is 4.41. The summed E-state index contributed by atoms with van der Waals surface area (Å²) in [6.45, 7) is 2.20. The summed E-state index contributed by atoms with van der Waals surface area (Å²) < 4.78 is 1.13. The molecule has 1 amide bonds. The number of nitrogens with zero attached hydrogens (tertiary/aromatic N) is 2. The van der Waals surface area contributed by atoms with Crippen LogP contribution in [0.4, 0.5) is 10.8 Å². The Hall–Kier alpha value is -1.66. The smallest absolute Gasteiger partial charge is 0.224 e. The molecule has 2 fully saturated rings. The molecule has 128 valence electrons. The molecule has 2 aromatic rings. The number of nitrogens with two attached hydrogens (primary N) is 1. The summed E-state index contributed by atoms with van der Waals surface area (Å²) >= 11 is 1.71. The molecule has 2 atom stereocenters. The van der Waals surface area contributed by atoms with Crippen molar-refractivity contribution in [1.29, 1.82) is 0 Å². The van der Waals surface area contributed by atoms with E-state index in [4.69, 9.17) is 10.7 Å². The molecule has 0 bridgehead atoms. The SMILES string of the molecule is N[C@@H]1CCC[C@H]1CC(=O)Nc1ccc2nc(N3CCCC3)sc2c1. The summed E-state index contributed by atoms with van der Waals surface area (Å²) in [4.78, 5) is 19.4. The van der Waals surface area contributed by atoms with Gasteiger partial charge in [0.1, 0.15) is 0 Å². The monoisotopic (exact) mass is 344 g/mol. The highest BCUT2D eigenvalue weighted by Crippen LogP contribution is 2.33. The fourth-order valence-electron chi connectivity index (χ4n) is 3.80. The molecule has 1 saturated heterocycles. The van der Waals surface area contributed by atoms with Crippen molar-refractivity contribution in [3.8, 4) is 0 Å². The number of amides is 1. The quantitative estimate of drug-likeness (QED) is 0.892. The lowest BCUT2D eigenvalue weighted by Crippen LogP contribution is -2.28. The van der Waals surface area contributed by atoms with Crippen LogP contribution in [0.15, 0.2) is 18.2 Å². The Balaban J connectivity index is 1.45. The summed E-state index contributed by atoms with van der Waals surface area (Å²) in [6.07, 6.45) is 6.29. The van der Waals surface area contributed by atoms with E-state index in [1.54, 1.807) is 11.3 Å². The van der Waals surface area contributed by atoms with Crippen LogP contribution in [0.3, 0.4) is 0 Å². The van der Waals surface area contributed by atoms with E-state index in [-0.39, 0.29) is 11.9 Å². The van der Waals surface area contributed by atoms with E-state index in [0.717, 1.165) is 53.4 Å². The Bertz CT molecular complexity index is 738. The molecule has 5 nitrogen and oxygen atoms in total. The molecular weight excluding hydrogens is 320 g/mol. The van der Waals surface area contributed by atoms with E-state index in [9.17, 15) is 4.79 Å². The van der Waals surface area contributed by atoms with Gasteiger partial charge in [0.05, 0.1) is 10.2 Å². The van der Waals surface area contributed by atoms with Gasteiger partial charge in [-0.15, -0.1) is 0 Å². The molecule has 0 unspecified atom stereocenters. The number of carbonyl (C=O) groups is 1. The first-order valence-corrected chi connectivity index (χ1v) is 9.72. The van der Waals surface area contributed by atoms with Crippen molar-refractivity contribution < 1.29 is 4.79 Å². The highest BCUT2D eigenvalue weighted by molar-refractivity contribution is 7.22. The Labute approximate surface area is 146 Å². The number of aromatic nitrogens is 1. The van der Waals surface area contributed by atoms with Crippen molar-refractivity contribution in [1.82, 2.24) is 4.98 Å². The fourth-order valence-corrected chi connectivity index (χ4v) is 4.86. The van der Waals surface area contributed by atoms with Crippen molar-refractivity contribution in [3.63, 3.8) is 0 Å². The van der Waals surface area contributed by atoms with Gasteiger partial charge in [-0.2, -0.15) is 0 Å². The minimum atomic E-state index is 0.0704. The summed E-state index contributed by atoms with van der Waals surface area (Å²) in [5.41, 5.74) is 7.94. The summed E-state index contributed by atoms with van der Waals surface area (Å²) in [6, 6.07) is 6.17. The van der Waals surface area contributed by atoms with Crippen LogP contribution in [-0.4, -0.2) is 30.0 Å². The third-order valence-corrected chi connectivity index (χ3v) is 6.28. The van der Waals surface area contributed by atoms with Crippen LogP contribution in [0.1, 0.15) is 38.5 Å². The van der Waals surface area contributed by atoms with E-state index in [1.165, 1.54) is 12.8 Å². The van der Waals surface area contributed by atoms with Gasteiger partial charge >= 0.3 is 0 Å². The van der Waals surface area contributed by atoms with Crippen molar-refractivity contribution in [2.75, 3.05) is 23.3 Å². The van der Waals surface area contributed by atoms with Crippen molar-refractivity contribution in [2.45, 2.75) is 44.6 Å². The number of carbonyl (C=O) groups excluding carboxylic acids is 1. The highest BCUT2D eigenvalue weighted by atomic mass is 32.1. The van der Waals surface area contributed by atoms with Crippen molar-refractivity contribution in [2.24, 2.45) is 11.7 Å². The third-order valence-electron chi connectivity index (χ3n) is 5.20. The van der Waals surface area contributed by atoms with Crippen LogP contribution in [-0.2, 0) is 4.79 Å². The Morgan fingerprint density at radius 3 is 2.88 bits per heavy atom. The first kappa shape index (κ1) is 15.8. The molecule has 24 heavy (non-hydrogen) atoms. The number of hydrogen-bond acceptors (Lipinski definition) is 5. The standard InChI is InChI=1S/C18H24N4OS/c19-14-5-3-4-12(14)10-17(23)20-13-6-7-15-16(11-13)24-18(21-15)22-8-1-2-9-22/h6-7,11-12,14H,1-5,8-10,19H2,(H,20,23)/t12-,14+/m0/s1. The van der Waals surface area contributed by atoms with Crippen LogP contribution in [0.25, 0.3) is 10.2 Å². The van der Waals surface area contributed by atoms with E-state index in [1.807, 2.05) is 18.2 Å². The first-order valence-electron chi connectivity index (χ1n) is 8.90. The maximum atomic E-state index is 12.3. The minimum Gasteiger partial charge on any atom is -0.348 e. The van der Waals surface area contributed by atoms with Gasteiger partial charge in [0.25, 0.3) is 0 Å². The number of rotatable bonds is 4. The number of thiazole rings is 1. The molecule has 3 N–H and O–H groups in total. The molecule has 2 aliphatic rings. The maximum Gasteiger partial charge on any atom is 0.224 e. The zero-order valence-electron chi connectivity index (χ0n) is 13.8. The second-order valence-electron chi connectivity index (χ2n) is 6.98. The molecular formula is C18H24N4OS. The second kappa shape index (κ2) is 6.69. The number of fused-ring (bicyclic) bond motifs is 1. The van der Waals surface area contributed by atoms with Crippen LogP contribution in [0.2, 0.25) is 0 Å². The second-order valence-corrected chi connectivity index (χ2v) is 7.99. The molecule has 0 spiro atoms. The van der Waals surface area contributed by atoms with E-state index in [2.05, 4.69) is 10.2 Å². The van der Waals surface area contributed by atoms with E-state index < -0.39 is 0 Å². The Morgan fingerprint density at radius 2 is 2.12 bits per heavy atom. The van der Waals surface area contributed by atoms with Gasteiger partial charge in [-0.25, -0.2) is 4.98 Å². The van der Waals surface area contributed by atoms with Crippen LogP contribution >= 0.6 is 11.3 Å². The van der Waals surface area contributed by atoms with Gasteiger partial charge < -0.3 is 16.0 Å². The Morgan fingerprint density at radius 1 is 1.29 bits per heavy atom. The molecule has 2 heterocycles. The number of hydrogen-bond donors (Lipinski definition) is 2. The third kappa shape index (κ3) is 3.26. The summed E-state index contributed by atoms with van der Waals surface area (Å²) in [5.74, 6) is 0.403. The number of nitrogens with one attached hydrogen (secondary N) is 1. The molecule has 1 aliphatic carbocycles. The fraction of sp³-hybridized carbons (Fsp3) is 0.556. The van der Waals surface area contributed by atoms with Gasteiger partial charge in [-0.3, -0.25) is 4.79 Å². The van der Waals surface area contributed by atoms with Gasteiger partial charge in [-0.1, -0.05) is 17.8 Å². The van der Waals surface area contributed by atoms with Gasteiger partial charge in [0, 0.05) is 31.2 Å². The topological polar surface area (TPSA) is 71.2 Å². The van der Waals surface area contributed by atoms with Gasteiger partial charge in [0.15, 0.2) is 5.13 Å². The summed E-state index contributed by atoms with van der Waals surface area (Å²) in [5, 5.41) is 4.13. The zero-order chi connectivity index (χ0) is 16.5. The number of anilines is 2. The van der Waals surface area contributed by atoms with Crippen LogP contribution in [0.5, 0.6) is 0 Å². The van der Waals surface area contributed by atoms with E-state index in [0.29, 0.717) is 12.3 Å². The first-order chi connectivity index (χ1) is 11.7. The molecule has 6 heteroatoms. The van der Waals surface area contributed by atoms with Gasteiger partial charge in [0.2, 0.25) is 5.91 Å². The molecule has 1 aromatic heterocycles. The predicted octanol–water partition coefficient (Wildman–Crippen LogP) is 3.35. The van der Waals surface area contributed by atoms with Gasteiger partial charge in [-0.05, 0) is 49.8 Å². The lowest BCUT2D eigenvalue weighted by atomic mass is 10.00. The lowest BCUT2D eigenvalue weighted by molar-refractivity contribution is -0.117. The average molecular weight is 344 g/mol. The largest absolute Gasteiger partial charge is 0.348 e. The highest BCUT2D eigenvalue weighted by Gasteiger charge is 2.26. The molecule has 0 radical (unpaired) electrons. The lowest BCUT2D eigenvalue weighted by Gasteiger charge is -2.14. The predicted molar refractivity (Wildman–Crippen MR) is 99.6 cm³/mol. The normalized spacial score (nSPS) is 24.0. The zero-order valence-corrected chi connectivity index (χ0v) is 14.6. The van der Waals surface area contributed by atoms with Crippen LogP contribution in [0, 0.1) is 5.92 Å². The van der Waals surface area contributed by atoms with Crippen LogP contribution < -0.4 is 16.0 Å². The van der Waals surface area contributed by atoms with Crippen molar-refractivity contribution >= 4 is 38.3 Å². The number of benzene rings is 1. The molecule has 1 aliphatic heterocycles. The molecule has 4 rings (SSSR count). The summed E-state index contributed by atoms with van der Waals surface area (Å²) in [7, 11) is 0. The van der Waals surface area contributed by atoms with Crippen molar-refractivity contribution in [3.05, 3.63) is 18.2 Å².